The van der Waals surface area contributed by atoms with Gasteiger partial charge in [-0.3, -0.25) is 4.79 Å². The van der Waals surface area contributed by atoms with Gasteiger partial charge in [0.15, 0.2) is 11.5 Å². The molecule has 4 nitrogen and oxygen atoms in total. The molecule has 4 heteroatoms. The molecule has 0 aliphatic rings. The van der Waals surface area contributed by atoms with Crippen LogP contribution >= 0.6 is 0 Å². The van der Waals surface area contributed by atoms with E-state index >= 15 is 0 Å². The first-order valence-corrected chi connectivity index (χ1v) is 7.64. The topological polar surface area (TPSA) is 38.8 Å². The van der Waals surface area contributed by atoms with Crippen molar-refractivity contribution in [3.05, 3.63) is 23.8 Å². The molecule has 0 aliphatic carbocycles. The molecule has 1 amide bonds. The fraction of sp³-hybridized carbons (Fsp3) is 0.588. The fourth-order valence-electron chi connectivity index (χ4n) is 2.25. The monoisotopic (exact) mass is 293 g/mol. The molecule has 1 rings (SSSR count). The maximum absolute atomic E-state index is 12.2. The number of rotatable bonds is 9. The van der Waals surface area contributed by atoms with Gasteiger partial charge in [-0.15, -0.1) is 0 Å². The number of hydrogen-bond donors (Lipinski definition) is 0. The minimum Gasteiger partial charge on any atom is -0.493 e. The second-order valence-corrected chi connectivity index (χ2v) is 5.02. The van der Waals surface area contributed by atoms with Crippen molar-refractivity contribution in [3.8, 4) is 11.5 Å². The summed E-state index contributed by atoms with van der Waals surface area (Å²) in [5.74, 6) is 1.65. The lowest BCUT2D eigenvalue weighted by Crippen LogP contribution is -2.31. The fourth-order valence-corrected chi connectivity index (χ4v) is 2.25. The molecule has 0 radical (unpaired) electrons. The molecule has 1 aromatic rings. The van der Waals surface area contributed by atoms with Crippen molar-refractivity contribution < 1.29 is 14.3 Å². The molecule has 0 fully saturated rings. The molecular formula is C17H27NO3. The number of aryl methyl sites for hydroxylation is 1. The highest BCUT2D eigenvalue weighted by molar-refractivity contribution is 5.76. The summed E-state index contributed by atoms with van der Waals surface area (Å²) < 4.78 is 10.5. The zero-order valence-corrected chi connectivity index (χ0v) is 13.6. The Morgan fingerprint density at radius 2 is 1.86 bits per heavy atom. The summed E-state index contributed by atoms with van der Waals surface area (Å²) in [6, 6.07) is 5.80. The number of nitrogens with zero attached hydrogens (tertiary/aromatic N) is 1. The van der Waals surface area contributed by atoms with Gasteiger partial charge in [0.25, 0.3) is 0 Å². The van der Waals surface area contributed by atoms with Crippen LogP contribution in [0.2, 0.25) is 0 Å². The highest BCUT2D eigenvalue weighted by Gasteiger charge is 2.12. The second-order valence-electron chi connectivity index (χ2n) is 5.02. The molecule has 0 unspecified atom stereocenters. The summed E-state index contributed by atoms with van der Waals surface area (Å²) >= 11 is 0. The molecule has 0 bridgehead atoms. The van der Waals surface area contributed by atoms with Gasteiger partial charge in [-0.25, -0.2) is 0 Å². The Balaban J connectivity index is 2.59. The van der Waals surface area contributed by atoms with Gasteiger partial charge in [-0.2, -0.15) is 0 Å². The van der Waals surface area contributed by atoms with Gasteiger partial charge in [-0.1, -0.05) is 19.4 Å². The van der Waals surface area contributed by atoms with Gasteiger partial charge in [0, 0.05) is 19.5 Å². The number of carbonyl (C=O) groups is 1. The lowest BCUT2D eigenvalue weighted by atomic mass is 10.1. The number of hydrogen-bond acceptors (Lipinski definition) is 3. The van der Waals surface area contributed by atoms with Gasteiger partial charge in [0.1, 0.15) is 0 Å². The molecule has 0 heterocycles. The Hall–Kier alpha value is -1.71. The summed E-state index contributed by atoms with van der Waals surface area (Å²) in [4.78, 5) is 14.1. The first kappa shape index (κ1) is 17.3. The van der Waals surface area contributed by atoms with E-state index in [-0.39, 0.29) is 5.91 Å². The van der Waals surface area contributed by atoms with Crippen molar-refractivity contribution in [2.45, 2.75) is 39.5 Å². The molecule has 1 aromatic carbocycles. The van der Waals surface area contributed by atoms with E-state index < -0.39 is 0 Å². The van der Waals surface area contributed by atoms with Crippen LogP contribution in [-0.2, 0) is 11.2 Å². The van der Waals surface area contributed by atoms with Crippen LogP contribution in [-0.4, -0.2) is 38.1 Å². The predicted octanol–water partition coefficient (Wildman–Crippen LogP) is 3.29. The zero-order valence-electron chi connectivity index (χ0n) is 13.6. The van der Waals surface area contributed by atoms with Crippen molar-refractivity contribution >= 4 is 5.91 Å². The van der Waals surface area contributed by atoms with Gasteiger partial charge in [0.2, 0.25) is 5.91 Å². The summed E-state index contributed by atoms with van der Waals surface area (Å²) in [6.45, 7) is 5.81. The Kier molecular flexibility index (Phi) is 7.65. The Labute approximate surface area is 128 Å². The Bertz CT molecular complexity index is 446. The number of methoxy groups -OCH3 is 2. The number of unbranched alkanes of at least 4 members (excludes halogenated alkanes) is 1. The molecule has 0 spiro atoms. The summed E-state index contributed by atoms with van der Waals surface area (Å²) in [5.41, 5.74) is 1.09. The molecule has 0 saturated carbocycles. The van der Waals surface area contributed by atoms with Crippen LogP contribution in [0.4, 0.5) is 0 Å². The minimum absolute atomic E-state index is 0.223. The Morgan fingerprint density at radius 1 is 1.14 bits per heavy atom. The molecule has 21 heavy (non-hydrogen) atoms. The average Bonchev–Trinajstić information content (AvgIpc) is 2.53. The summed E-state index contributed by atoms with van der Waals surface area (Å²) in [6.07, 6.45) is 3.43. The molecule has 118 valence electrons. The van der Waals surface area contributed by atoms with E-state index in [0.29, 0.717) is 17.9 Å². The third-order valence-electron chi connectivity index (χ3n) is 3.59. The normalized spacial score (nSPS) is 10.3. The first-order valence-electron chi connectivity index (χ1n) is 7.64. The Morgan fingerprint density at radius 3 is 2.43 bits per heavy atom. The average molecular weight is 293 g/mol. The van der Waals surface area contributed by atoms with Gasteiger partial charge in [-0.05, 0) is 37.5 Å². The SMILES string of the molecule is CCCCN(CC)C(=O)CCc1ccc(OC)c(OC)c1. The molecule has 0 aliphatic heterocycles. The quantitative estimate of drug-likeness (QED) is 0.701. The maximum Gasteiger partial charge on any atom is 0.222 e. The standard InChI is InChI=1S/C17H27NO3/c1-5-7-12-18(6-2)17(19)11-9-14-8-10-15(20-3)16(13-14)21-4/h8,10,13H,5-7,9,11-12H2,1-4H3. The summed E-state index contributed by atoms with van der Waals surface area (Å²) in [7, 11) is 3.24. The zero-order chi connectivity index (χ0) is 15.7. The van der Waals surface area contributed by atoms with E-state index in [4.69, 9.17) is 9.47 Å². The molecule has 0 saturated heterocycles. The van der Waals surface area contributed by atoms with Crippen LogP contribution in [0.15, 0.2) is 18.2 Å². The van der Waals surface area contributed by atoms with Crippen molar-refractivity contribution in [2.75, 3.05) is 27.3 Å². The third-order valence-corrected chi connectivity index (χ3v) is 3.59. The van der Waals surface area contributed by atoms with Gasteiger partial charge < -0.3 is 14.4 Å². The van der Waals surface area contributed by atoms with Crippen LogP contribution < -0.4 is 9.47 Å². The lowest BCUT2D eigenvalue weighted by Gasteiger charge is -2.20. The van der Waals surface area contributed by atoms with E-state index in [1.807, 2.05) is 30.0 Å². The second kappa shape index (κ2) is 9.27. The van der Waals surface area contributed by atoms with Crippen molar-refractivity contribution in [2.24, 2.45) is 0 Å². The number of benzene rings is 1. The van der Waals surface area contributed by atoms with E-state index in [9.17, 15) is 4.79 Å². The van der Waals surface area contributed by atoms with Crippen LogP contribution in [0, 0.1) is 0 Å². The van der Waals surface area contributed by atoms with Gasteiger partial charge >= 0.3 is 0 Å². The van der Waals surface area contributed by atoms with E-state index in [2.05, 4.69) is 6.92 Å². The van der Waals surface area contributed by atoms with Gasteiger partial charge in [0.05, 0.1) is 14.2 Å². The summed E-state index contributed by atoms with van der Waals surface area (Å²) in [5, 5.41) is 0. The largest absolute Gasteiger partial charge is 0.493 e. The number of ether oxygens (including phenoxy) is 2. The maximum atomic E-state index is 12.2. The highest BCUT2D eigenvalue weighted by atomic mass is 16.5. The molecule has 0 atom stereocenters. The van der Waals surface area contributed by atoms with Crippen molar-refractivity contribution in [1.29, 1.82) is 0 Å². The van der Waals surface area contributed by atoms with E-state index in [0.717, 1.165) is 37.9 Å². The van der Waals surface area contributed by atoms with Crippen LogP contribution in [0.5, 0.6) is 11.5 Å². The molecular weight excluding hydrogens is 266 g/mol. The lowest BCUT2D eigenvalue weighted by molar-refractivity contribution is -0.131. The van der Waals surface area contributed by atoms with E-state index in [1.54, 1.807) is 14.2 Å². The molecule has 0 aromatic heterocycles. The molecule has 0 N–H and O–H groups in total. The van der Waals surface area contributed by atoms with Crippen LogP contribution in [0.3, 0.4) is 0 Å². The highest BCUT2D eigenvalue weighted by Crippen LogP contribution is 2.28. The third kappa shape index (κ3) is 5.29. The van der Waals surface area contributed by atoms with Crippen molar-refractivity contribution in [1.82, 2.24) is 4.90 Å². The van der Waals surface area contributed by atoms with Crippen LogP contribution in [0.1, 0.15) is 38.7 Å². The number of carbonyl (C=O) groups excluding carboxylic acids is 1. The van der Waals surface area contributed by atoms with Crippen LogP contribution in [0.25, 0.3) is 0 Å². The van der Waals surface area contributed by atoms with E-state index in [1.165, 1.54) is 0 Å². The predicted molar refractivity (Wildman–Crippen MR) is 85.0 cm³/mol. The smallest absolute Gasteiger partial charge is 0.222 e. The first-order chi connectivity index (χ1) is 10.2. The number of amides is 1. The van der Waals surface area contributed by atoms with Crippen molar-refractivity contribution in [3.63, 3.8) is 0 Å². The minimum atomic E-state index is 0.223.